The molecule has 1 nitrogen and oxygen atoms in total. The van der Waals surface area contributed by atoms with Gasteiger partial charge in [-0.2, -0.15) is 0 Å². The second-order valence-electron chi connectivity index (χ2n) is 3.15. The van der Waals surface area contributed by atoms with Gasteiger partial charge in [0, 0.05) is 25.5 Å². The number of halogens is 4. The Morgan fingerprint density at radius 2 is 2.07 bits per heavy atom. The standard InChI is InChI=1S/C9H14F4OS/c1-7(14)15-6-2-4-9(12,13)8(11)3-5-10/h8H,2-6H2,1H3. The summed E-state index contributed by atoms with van der Waals surface area (Å²) in [6.45, 7) is 0.253. The lowest BCUT2D eigenvalue weighted by Crippen LogP contribution is -2.30. The van der Waals surface area contributed by atoms with Gasteiger partial charge in [0.25, 0.3) is 5.92 Å². The average Bonchev–Trinajstić information content (AvgIpc) is 2.12. The Balaban J connectivity index is 3.77. The predicted molar refractivity (Wildman–Crippen MR) is 52.8 cm³/mol. The molecule has 90 valence electrons. The lowest BCUT2D eigenvalue weighted by Gasteiger charge is -2.19. The first-order valence-electron chi connectivity index (χ1n) is 4.61. The number of carbonyl (C=O) groups is 1. The number of hydrogen-bond donors (Lipinski definition) is 0. The molecule has 0 aliphatic heterocycles. The number of thioether (sulfide) groups is 1. The van der Waals surface area contributed by atoms with Gasteiger partial charge in [-0.25, -0.2) is 13.2 Å². The summed E-state index contributed by atoms with van der Waals surface area (Å²) in [5.74, 6) is -3.24. The minimum absolute atomic E-state index is 0.0456. The fourth-order valence-electron chi connectivity index (χ4n) is 0.987. The molecule has 0 aromatic heterocycles. The second-order valence-corrected chi connectivity index (χ2v) is 4.42. The minimum atomic E-state index is -3.48. The Morgan fingerprint density at radius 3 is 2.53 bits per heavy atom. The van der Waals surface area contributed by atoms with Gasteiger partial charge in [-0.3, -0.25) is 9.18 Å². The van der Waals surface area contributed by atoms with Crippen LogP contribution in [0.15, 0.2) is 0 Å². The monoisotopic (exact) mass is 246 g/mol. The molecule has 0 heterocycles. The highest BCUT2D eigenvalue weighted by molar-refractivity contribution is 8.13. The molecule has 0 rings (SSSR count). The van der Waals surface area contributed by atoms with Crippen LogP contribution in [0.2, 0.25) is 0 Å². The highest BCUT2D eigenvalue weighted by atomic mass is 32.2. The quantitative estimate of drug-likeness (QED) is 0.506. The molecule has 0 N–H and O–H groups in total. The van der Waals surface area contributed by atoms with Crippen LogP contribution in [0.1, 0.15) is 26.2 Å². The molecular formula is C9H14F4OS. The third-order valence-corrected chi connectivity index (χ3v) is 2.68. The Bertz CT molecular complexity index is 199. The molecule has 0 aromatic carbocycles. The summed E-state index contributed by atoms with van der Waals surface area (Å²) in [5.41, 5.74) is 0. The minimum Gasteiger partial charge on any atom is -0.288 e. The van der Waals surface area contributed by atoms with Crippen molar-refractivity contribution in [2.24, 2.45) is 0 Å². The van der Waals surface area contributed by atoms with E-state index in [1.54, 1.807) is 0 Å². The second kappa shape index (κ2) is 7.09. The van der Waals surface area contributed by atoms with E-state index in [1.165, 1.54) is 6.92 Å². The van der Waals surface area contributed by atoms with Gasteiger partial charge >= 0.3 is 0 Å². The van der Waals surface area contributed by atoms with Crippen molar-refractivity contribution in [3.63, 3.8) is 0 Å². The molecule has 0 aromatic rings. The van der Waals surface area contributed by atoms with E-state index < -0.39 is 31.6 Å². The van der Waals surface area contributed by atoms with Crippen LogP contribution < -0.4 is 0 Å². The van der Waals surface area contributed by atoms with Crippen LogP contribution in [-0.4, -0.2) is 29.6 Å². The molecule has 0 aliphatic rings. The highest BCUT2D eigenvalue weighted by Crippen LogP contribution is 2.29. The molecule has 0 radical (unpaired) electrons. The molecule has 0 aliphatic carbocycles. The van der Waals surface area contributed by atoms with Crippen LogP contribution in [0.4, 0.5) is 17.6 Å². The topological polar surface area (TPSA) is 17.1 Å². The first-order chi connectivity index (χ1) is 6.90. The van der Waals surface area contributed by atoms with Crippen LogP contribution in [0.3, 0.4) is 0 Å². The molecular weight excluding hydrogens is 232 g/mol. The predicted octanol–water partition coefficient (Wildman–Crippen LogP) is 3.38. The van der Waals surface area contributed by atoms with E-state index in [1.807, 2.05) is 0 Å². The van der Waals surface area contributed by atoms with Gasteiger partial charge in [-0.1, -0.05) is 11.8 Å². The maximum atomic E-state index is 12.9. The maximum Gasteiger partial charge on any atom is 0.278 e. The summed E-state index contributed by atoms with van der Waals surface area (Å²) in [4.78, 5) is 10.5. The summed E-state index contributed by atoms with van der Waals surface area (Å²) in [6, 6.07) is 0. The van der Waals surface area contributed by atoms with Crippen molar-refractivity contribution >= 4 is 16.9 Å². The molecule has 0 saturated heterocycles. The third kappa shape index (κ3) is 6.76. The molecule has 15 heavy (non-hydrogen) atoms. The molecule has 1 unspecified atom stereocenters. The average molecular weight is 246 g/mol. The van der Waals surface area contributed by atoms with E-state index in [2.05, 4.69) is 0 Å². The van der Waals surface area contributed by atoms with Gasteiger partial charge in [-0.05, 0) is 6.42 Å². The molecule has 6 heteroatoms. The summed E-state index contributed by atoms with van der Waals surface area (Å²) in [7, 11) is 0. The van der Waals surface area contributed by atoms with E-state index in [0.29, 0.717) is 0 Å². The molecule has 0 bridgehead atoms. The van der Waals surface area contributed by atoms with E-state index >= 15 is 0 Å². The van der Waals surface area contributed by atoms with E-state index in [4.69, 9.17) is 0 Å². The number of rotatable bonds is 7. The van der Waals surface area contributed by atoms with Crippen LogP contribution in [-0.2, 0) is 4.79 Å². The van der Waals surface area contributed by atoms with Crippen molar-refractivity contribution in [1.29, 1.82) is 0 Å². The van der Waals surface area contributed by atoms with E-state index in [9.17, 15) is 22.4 Å². The Hall–Kier alpha value is -0.260. The molecule has 0 amide bonds. The zero-order valence-electron chi connectivity index (χ0n) is 8.44. The zero-order chi connectivity index (χ0) is 11.9. The lowest BCUT2D eigenvalue weighted by atomic mass is 10.1. The molecule has 0 fully saturated rings. The van der Waals surface area contributed by atoms with Crippen molar-refractivity contribution in [3.05, 3.63) is 0 Å². The summed E-state index contributed by atoms with van der Waals surface area (Å²) in [5, 5.41) is -0.154. The molecule has 0 spiro atoms. The Morgan fingerprint density at radius 1 is 1.47 bits per heavy atom. The number of alkyl halides is 4. The van der Waals surface area contributed by atoms with Gasteiger partial charge in [0.15, 0.2) is 11.3 Å². The van der Waals surface area contributed by atoms with Gasteiger partial charge in [-0.15, -0.1) is 0 Å². The van der Waals surface area contributed by atoms with Crippen molar-refractivity contribution in [2.75, 3.05) is 12.4 Å². The van der Waals surface area contributed by atoms with Crippen LogP contribution >= 0.6 is 11.8 Å². The molecule has 0 saturated carbocycles. The summed E-state index contributed by atoms with van der Waals surface area (Å²) < 4.78 is 50.1. The first kappa shape index (κ1) is 14.7. The number of hydrogen-bond acceptors (Lipinski definition) is 2. The van der Waals surface area contributed by atoms with Gasteiger partial charge in [0.2, 0.25) is 0 Å². The number of carbonyl (C=O) groups excluding carboxylic acids is 1. The maximum absolute atomic E-state index is 12.9. The van der Waals surface area contributed by atoms with Crippen LogP contribution in [0, 0.1) is 0 Å². The van der Waals surface area contributed by atoms with Crippen LogP contribution in [0.5, 0.6) is 0 Å². The third-order valence-electron chi connectivity index (χ3n) is 1.78. The van der Waals surface area contributed by atoms with E-state index in [0.717, 1.165) is 11.8 Å². The van der Waals surface area contributed by atoms with Crippen molar-refractivity contribution in [2.45, 2.75) is 38.3 Å². The van der Waals surface area contributed by atoms with Crippen molar-refractivity contribution in [3.8, 4) is 0 Å². The Kier molecular flexibility index (Phi) is 6.96. The normalized spacial score (nSPS) is 13.9. The van der Waals surface area contributed by atoms with Crippen LogP contribution in [0.25, 0.3) is 0 Å². The largest absolute Gasteiger partial charge is 0.288 e. The fraction of sp³-hybridized carbons (Fsp3) is 0.889. The Labute approximate surface area is 90.6 Å². The molecule has 1 atom stereocenters. The van der Waals surface area contributed by atoms with Gasteiger partial charge < -0.3 is 0 Å². The van der Waals surface area contributed by atoms with Crippen molar-refractivity contribution < 1.29 is 22.4 Å². The first-order valence-corrected chi connectivity index (χ1v) is 5.60. The summed E-state index contributed by atoms with van der Waals surface area (Å²) in [6.07, 6.45) is -3.80. The lowest BCUT2D eigenvalue weighted by molar-refractivity contribution is -0.109. The van der Waals surface area contributed by atoms with E-state index in [-0.39, 0.29) is 17.3 Å². The van der Waals surface area contributed by atoms with Gasteiger partial charge in [0.05, 0.1) is 6.67 Å². The van der Waals surface area contributed by atoms with Gasteiger partial charge in [0.1, 0.15) is 0 Å². The summed E-state index contributed by atoms with van der Waals surface area (Å²) >= 11 is 0.928. The SMILES string of the molecule is CC(=O)SCCCC(F)(F)C(F)CCF. The zero-order valence-corrected chi connectivity index (χ0v) is 9.26. The fourth-order valence-corrected chi connectivity index (χ4v) is 1.56. The highest BCUT2D eigenvalue weighted by Gasteiger charge is 2.38. The smallest absolute Gasteiger partial charge is 0.278 e. The van der Waals surface area contributed by atoms with Crippen molar-refractivity contribution in [1.82, 2.24) is 0 Å².